The average molecular weight is 463 g/mol. The third-order valence-electron chi connectivity index (χ3n) is 5.41. The first-order valence-electron chi connectivity index (χ1n) is 11.1. The fraction of sp³-hybridized carbons (Fsp3) is 0.280. The van der Waals surface area contributed by atoms with Crippen molar-refractivity contribution in [1.29, 1.82) is 0 Å². The molecule has 34 heavy (non-hydrogen) atoms. The highest BCUT2D eigenvalue weighted by atomic mass is 16.6. The van der Waals surface area contributed by atoms with E-state index in [1.807, 2.05) is 37.3 Å². The van der Waals surface area contributed by atoms with Gasteiger partial charge in [-0.25, -0.2) is 14.8 Å². The standard InChI is InChI=1S/C25H30N6O3/c1-5-27-24(26-4)29-22-17-20(10-7-18(22)3)28-23(32)19-8-11-21(12-9-19)30-13-15-31(16-14-30)25(33)34-6-2/h5,7-12,17H,1,4,6,13-16H2,2-3H3,(H,27,29)(H,28,32). The Bertz CT molecular complexity index is 1070. The van der Waals surface area contributed by atoms with Crippen molar-refractivity contribution in [3.8, 4) is 0 Å². The van der Waals surface area contributed by atoms with Crippen molar-refractivity contribution in [3.63, 3.8) is 0 Å². The molecule has 9 heteroatoms. The van der Waals surface area contributed by atoms with Crippen LogP contribution in [0, 0.1) is 6.92 Å². The molecule has 0 radical (unpaired) electrons. The third-order valence-corrected chi connectivity index (χ3v) is 5.41. The Labute approximate surface area is 199 Å². The van der Waals surface area contributed by atoms with Crippen LogP contribution < -0.4 is 15.5 Å². The first-order valence-corrected chi connectivity index (χ1v) is 11.1. The van der Waals surface area contributed by atoms with E-state index in [9.17, 15) is 9.59 Å². The van der Waals surface area contributed by atoms with E-state index < -0.39 is 0 Å². The van der Waals surface area contributed by atoms with Gasteiger partial charge in [-0.1, -0.05) is 12.6 Å². The number of hydrogen-bond acceptors (Lipinski definition) is 5. The lowest BCUT2D eigenvalue weighted by Crippen LogP contribution is -2.49. The summed E-state index contributed by atoms with van der Waals surface area (Å²) in [5.41, 5.74) is 3.91. The Kier molecular flexibility index (Phi) is 8.39. The first-order chi connectivity index (χ1) is 16.4. The molecule has 0 aromatic heterocycles. The summed E-state index contributed by atoms with van der Waals surface area (Å²) in [5.74, 6) is 0.107. The normalized spacial score (nSPS) is 13.8. The molecule has 1 fully saturated rings. The third kappa shape index (κ3) is 6.22. The van der Waals surface area contributed by atoms with Gasteiger partial charge in [0.15, 0.2) is 0 Å². The number of nitrogens with one attached hydrogen (secondary N) is 2. The van der Waals surface area contributed by atoms with E-state index in [1.54, 1.807) is 24.0 Å². The number of benzene rings is 2. The minimum atomic E-state index is -0.270. The van der Waals surface area contributed by atoms with Crippen LogP contribution in [0.2, 0.25) is 0 Å². The van der Waals surface area contributed by atoms with Gasteiger partial charge in [0.1, 0.15) is 0 Å². The summed E-state index contributed by atoms with van der Waals surface area (Å²) in [5, 5.41) is 5.99. The Morgan fingerprint density at radius 3 is 2.41 bits per heavy atom. The molecule has 3 rings (SSSR count). The molecule has 0 saturated carbocycles. The Balaban J connectivity index is 1.62. The fourth-order valence-electron chi connectivity index (χ4n) is 3.54. The fourth-order valence-corrected chi connectivity index (χ4v) is 3.54. The van der Waals surface area contributed by atoms with E-state index in [4.69, 9.17) is 4.74 Å². The van der Waals surface area contributed by atoms with E-state index in [0.717, 1.165) is 16.9 Å². The zero-order valence-electron chi connectivity index (χ0n) is 19.6. The Hall–Kier alpha value is -4.14. The molecule has 0 aliphatic carbocycles. The minimum absolute atomic E-state index is 0.213. The molecule has 178 valence electrons. The second kappa shape index (κ2) is 11.6. The maximum atomic E-state index is 12.8. The molecule has 2 N–H and O–H groups in total. The van der Waals surface area contributed by atoms with Gasteiger partial charge in [-0.2, -0.15) is 0 Å². The predicted octanol–water partition coefficient (Wildman–Crippen LogP) is 4.14. The smallest absolute Gasteiger partial charge is 0.409 e. The molecule has 0 unspecified atom stereocenters. The highest BCUT2D eigenvalue weighted by molar-refractivity contribution is 6.05. The maximum absolute atomic E-state index is 12.8. The molecular formula is C25H30N6O3. The van der Waals surface area contributed by atoms with E-state index in [1.165, 1.54) is 6.20 Å². The van der Waals surface area contributed by atoms with Gasteiger partial charge in [0.2, 0.25) is 5.96 Å². The van der Waals surface area contributed by atoms with Gasteiger partial charge in [-0.05, 0) is 62.5 Å². The highest BCUT2D eigenvalue weighted by Gasteiger charge is 2.22. The molecule has 9 nitrogen and oxygen atoms in total. The zero-order chi connectivity index (χ0) is 24.5. The van der Waals surface area contributed by atoms with E-state index >= 15 is 0 Å². The van der Waals surface area contributed by atoms with Crippen LogP contribution in [-0.2, 0) is 4.74 Å². The number of hydrogen-bond donors (Lipinski definition) is 2. The Morgan fingerprint density at radius 1 is 1.09 bits per heavy atom. The van der Waals surface area contributed by atoms with Crippen molar-refractivity contribution in [2.24, 2.45) is 9.98 Å². The molecule has 0 spiro atoms. The number of guanidine groups is 1. The SMILES string of the molecule is C=CN=C(N=C)Nc1cc(NC(=O)c2ccc(N3CCN(C(=O)OCC)CC3)cc2)ccc1C. The topological polar surface area (TPSA) is 98.6 Å². The number of amides is 2. The molecule has 1 heterocycles. The van der Waals surface area contributed by atoms with Crippen LogP contribution in [0.5, 0.6) is 0 Å². The summed E-state index contributed by atoms with van der Waals surface area (Å²) in [6.07, 6.45) is 1.11. The molecule has 2 amide bonds. The lowest BCUT2D eigenvalue weighted by atomic mass is 10.1. The van der Waals surface area contributed by atoms with Gasteiger partial charge in [0.05, 0.1) is 6.61 Å². The molecule has 2 aromatic carbocycles. The van der Waals surface area contributed by atoms with Crippen molar-refractivity contribution in [1.82, 2.24) is 4.90 Å². The van der Waals surface area contributed by atoms with Crippen LogP contribution >= 0.6 is 0 Å². The zero-order valence-corrected chi connectivity index (χ0v) is 19.6. The number of nitrogens with zero attached hydrogens (tertiary/aromatic N) is 4. The second-order valence-corrected chi connectivity index (χ2v) is 7.62. The number of carbonyl (C=O) groups is 2. The summed E-state index contributed by atoms with van der Waals surface area (Å²) in [7, 11) is 0. The average Bonchev–Trinajstić information content (AvgIpc) is 2.86. The number of aliphatic imine (C=N–C) groups is 2. The maximum Gasteiger partial charge on any atom is 0.409 e. The highest BCUT2D eigenvalue weighted by Crippen LogP contribution is 2.22. The van der Waals surface area contributed by atoms with E-state index in [2.05, 4.69) is 38.8 Å². The summed E-state index contributed by atoms with van der Waals surface area (Å²) in [4.78, 5) is 36.4. The van der Waals surface area contributed by atoms with Crippen LogP contribution in [0.3, 0.4) is 0 Å². The van der Waals surface area contributed by atoms with Gasteiger partial charge < -0.3 is 25.2 Å². The van der Waals surface area contributed by atoms with Crippen molar-refractivity contribution in [2.75, 3.05) is 48.3 Å². The van der Waals surface area contributed by atoms with Crippen molar-refractivity contribution < 1.29 is 14.3 Å². The van der Waals surface area contributed by atoms with Gasteiger partial charge in [0.25, 0.3) is 5.91 Å². The molecular weight excluding hydrogens is 432 g/mol. The van der Waals surface area contributed by atoms with E-state index in [0.29, 0.717) is 50.0 Å². The van der Waals surface area contributed by atoms with Crippen LogP contribution in [0.25, 0.3) is 0 Å². The monoisotopic (exact) mass is 462 g/mol. The number of ether oxygens (including phenoxy) is 1. The Morgan fingerprint density at radius 2 is 1.79 bits per heavy atom. The van der Waals surface area contributed by atoms with Crippen molar-refractivity contribution in [2.45, 2.75) is 13.8 Å². The van der Waals surface area contributed by atoms with Gasteiger partial charge >= 0.3 is 6.09 Å². The van der Waals surface area contributed by atoms with Crippen molar-refractivity contribution in [3.05, 3.63) is 66.4 Å². The minimum Gasteiger partial charge on any atom is -0.450 e. The van der Waals surface area contributed by atoms with Crippen molar-refractivity contribution >= 4 is 41.7 Å². The summed E-state index contributed by atoms with van der Waals surface area (Å²) >= 11 is 0. The van der Waals surface area contributed by atoms with E-state index in [-0.39, 0.29) is 12.0 Å². The molecule has 0 bridgehead atoms. The lowest BCUT2D eigenvalue weighted by molar-refractivity contribution is 0.102. The number of rotatable bonds is 6. The van der Waals surface area contributed by atoms with Crippen LogP contribution in [-0.4, -0.2) is 62.4 Å². The number of piperazine rings is 1. The summed E-state index contributed by atoms with van der Waals surface area (Å²) in [6.45, 7) is 13.8. The summed E-state index contributed by atoms with van der Waals surface area (Å²) in [6, 6.07) is 13.0. The van der Waals surface area contributed by atoms with Gasteiger partial charge in [0, 0.05) is 55.0 Å². The quantitative estimate of drug-likeness (QED) is 0.497. The summed E-state index contributed by atoms with van der Waals surface area (Å²) < 4.78 is 5.07. The number of carbonyl (C=O) groups excluding carboxylic acids is 2. The number of aryl methyl sites for hydroxylation is 1. The van der Waals surface area contributed by atoms with Gasteiger partial charge in [-0.15, -0.1) is 0 Å². The molecule has 0 atom stereocenters. The molecule has 2 aromatic rings. The largest absolute Gasteiger partial charge is 0.450 e. The van der Waals surface area contributed by atoms with Crippen LogP contribution in [0.1, 0.15) is 22.8 Å². The van der Waals surface area contributed by atoms with Gasteiger partial charge in [-0.3, -0.25) is 4.79 Å². The lowest BCUT2D eigenvalue weighted by Gasteiger charge is -2.35. The van der Waals surface area contributed by atoms with Crippen LogP contribution in [0.4, 0.5) is 21.9 Å². The first kappa shape index (κ1) is 24.5. The molecule has 1 aliphatic heterocycles. The predicted molar refractivity (Wildman–Crippen MR) is 137 cm³/mol. The number of anilines is 3. The second-order valence-electron chi connectivity index (χ2n) is 7.62. The van der Waals surface area contributed by atoms with Crippen LogP contribution in [0.15, 0.2) is 65.2 Å². The molecule has 1 aliphatic rings. The molecule has 1 saturated heterocycles.